The first-order valence-corrected chi connectivity index (χ1v) is 7.17. The highest BCUT2D eigenvalue weighted by molar-refractivity contribution is 5.96. The third-order valence-electron chi connectivity index (χ3n) is 3.35. The van der Waals surface area contributed by atoms with Crippen molar-refractivity contribution in [2.45, 2.75) is 12.5 Å². The number of rotatable bonds is 6. The smallest absolute Gasteiger partial charge is 0.328 e. The molecule has 1 atom stereocenters. The summed E-state index contributed by atoms with van der Waals surface area (Å²) in [5.74, 6) is -1.38. The summed E-state index contributed by atoms with van der Waals surface area (Å²) in [5, 5.41) is 2.55. The number of hydrogen-bond donors (Lipinski definition) is 1. The van der Waals surface area contributed by atoms with Crippen LogP contribution in [0, 0.1) is 5.82 Å². The molecule has 0 saturated carbocycles. The molecule has 0 bridgehead atoms. The monoisotopic (exact) mass is 332 g/mol. The van der Waals surface area contributed by atoms with Crippen LogP contribution in [0.3, 0.4) is 0 Å². The Morgan fingerprint density at radius 3 is 2.71 bits per heavy atom. The second kappa shape index (κ2) is 8.05. The van der Waals surface area contributed by atoms with Crippen LogP contribution < -0.4 is 10.1 Å². The second-order valence-corrected chi connectivity index (χ2v) is 4.94. The number of hydrogen-bond acceptors (Lipinski definition) is 5. The quantitative estimate of drug-likeness (QED) is 0.816. The minimum atomic E-state index is -0.955. The first-order chi connectivity index (χ1) is 11.5. The summed E-state index contributed by atoms with van der Waals surface area (Å²) in [6, 6.07) is 7.67. The number of esters is 1. The molecule has 24 heavy (non-hydrogen) atoms. The van der Waals surface area contributed by atoms with Gasteiger partial charge in [-0.1, -0.05) is 12.1 Å². The number of ether oxygens (including phenoxy) is 2. The Kier molecular flexibility index (Phi) is 5.83. The highest BCUT2D eigenvalue weighted by atomic mass is 19.1. The molecule has 1 heterocycles. The molecular formula is C17H17FN2O4. The van der Waals surface area contributed by atoms with Gasteiger partial charge in [0.05, 0.1) is 14.2 Å². The van der Waals surface area contributed by atoms with Crippen molar-refractivity contribution < 1.29 is 23.5 Å². The molecule has 1 aromatic carbocycles. The van der Waals surface area contributed by atoms with Crippen LogP contribution in [0.1, 0.15) is 15.9 Å². The lowest BCUT2D eigenvalue weighted by Crippen LogP contribution is -2.43. The number of halogens is 1. The summed E-state index contributed by atoms with van der Waals surface area (Å²) in [6.45, 7) is 0. The van der Waals surface area contributed by atoms with E-state index in [1.54, 1.807) is 18.3 Å². The second-order valence-electron chi connectivity index (χ2n) is 4.94. The first-order valence-electron chi connectivity index (χ1n) is 7.17. The molecule has 0 unspecified atom stereocenters. The van der Waals surface area contributed by atoms with Gasteiger partial charge in [0.2, 0.25) is 5.88 Å². The summed E-state index contributed by atoms with van der Waals surface area (Å²) < 4.78 is 23.1. The number of carbonyl (C=O) groups is 2. The molecule has 2 rings (SSSR count). The molecule has 0 radical (unpaired) electrons. The van der Waals surface area contributed by atoms with Crippen molar-refractivity contribution in [3.63, 3.8) is 0 Å². The van der Waals surface area contributed by atoms with E-state index in [2.05, 4.69) is 10.3 Å². The van der Waals surface area contributed by atoms with Crippen LogP contribution in [0.15, 0.2) is 42.6 Å². The van der Waals surface area contributed by atoms with Crippen LogP contribution in [0.25, 0.3) is 0 Å². The molecule has 126 valence electrons. The molecule has 1 aromatic heterocycles. The number of benzene rings is 1. The summed E-state index contributed by atoms with van der Waals surface area (Å²) in [6.07, 6.45) is 1.69. The lowest BCUT2D eigenvalue weighted by atomic mass is 10.1. The van der Waals surface area contributed by atoms with Crippen molar-refractivity contribution in [2.24, 2.45) is 0 Å². The minimum absolute atomic E-state index is 0.113. The maximum atomic E-state index is 13.2. The van der Waals surface area contributed by atoms with Crippen LogP contribution in [-0.2, 0) is 16.0 Å². The summed E-state index contributed by atoms with van der Waals surface area (Å²) in [4.78, 5) is 28.3. The Hall–Kier alpha value is -2.96. The van der Waals surface area contributed by atoms with E-state index in [-0.39, 0.29) is 12.0 Å². The number of pyridine rings is 1. The third-order valence-corrected chi connectivity index (χ3v) is 3.35. The molecule has 6 nitrogen and oxygen atoms in total. The minimum Gasteiger partial charge on any atom is -0.481 e. The highest BCUT2D eigenvalue weighted by Crippen LogP contribution is 2.16. The molecule has 0 aliphatic rings. The topological polar surface area (TPSA) is 77.5 Å². The molecule has 1 amide bonds. The van der Waals surface area contributed by atoms with E-state index in [1.807, 2.05) is 0 Å². The number of methoxy groups -OCH3 is 2. The molecule has 0 fully saturated rings. The Morgan fingerprint density at radius 1 is 1.25 bits per heavy atom. The van der Waals surface area contributed by atoms with E-state index in [4.69, 9.17) is 9.47 Å². The highest BCUT2D eigenvalue weighted by Gasteiger charge is 2.24. The fraction of sp³-hybridized carbons (Fsp3) is 0.235. The first kappa shape index (κ1) is 17.4. The van der Waals surface area contributed by atoms with Crippen LogP contribution >= 0.6 is 0 Å². The zero-order valence-corrected chi connectivity index (χ0v) is 13.3. The van der Waals surface area contributed by atoms with Crippen molar-refractivity contribution in [2.75, 3.05) is 14.2 Å². The molecule has 0 spiro atoms. The molecule has 0 saturated heterocycles. The number of amides is 1. The third kappa shape index (κ3) is 4.28. The lowest BCUT2D eigenvalue weighted by molar-refractivity contribution is -0.142. The zero-order valence-electron chi connectivity index (χ0n) is 13.3. The SMILES string of the molecule is COC(=O)[C@H](Cc1cccnc1OC)NC(=O)c1cccc(F)c1. The van der Waals surface area contributed by atoms with Gasteiger partial charge in [-0.25, -0.2) is 14.2 Å². The zero-order chi connectivity index (χ0) is 17.5. The average molecular weight is 332 g/mol. The summed E-state index contributed by atoms with van der Waals surface area (Å²) in [7, 11) is 2.69. The number of aromatic nitrogens is 1. The Bertz CT molecular complexity index is 736. The van der Waals surface area contributed by atoms with E-state index in [0.717, 1.165) is 6.07 Å². The maximum Gasteiger partial charge on any atom is 0.328 e. The number of nitrogens with zero attached hydrogens (tertiary/aromatic N) is 1. The van der Waals surface area contributed by atoms with Crippen molar-refractivity contribution in [1.82, 2.24) is 10.3 Å². The largest absolute Gasteiger partial charge is 0.481 e. The Morgan fingerprint density at radius 2 is 2.04 bits per heavy atom. The fourth-order valence-electron chi connectivity index (χ4n) is 2.19. The van der Waals surface area contributed by atoms with Gasteiger partial charge in [0.1, 0.15) is 11.9 Å². The molecule has 0 aliphatic heterocycles. The summed E-state index contributed by atoms with van der Waals surface area (Å²) in [5.41, 5.74) is 0.747. The fourth-order valence-corrected chi connectivity index (χ4v) is 2.19. The van der Waals surface area contributed by atoms with Crippen LogP contribution in [0.5, 0.6) is 5.88 Å². The molecule has 0 aliphatic carbocycles. The van der Waals surface area contributed by atoms with Crippen molar-refractivity contribution >= 4 is 11.9 Å². The predicted molar refractivity (Wildman–Crippen MR) is 84.2 cm³/mol. The predicted octanol–water partition coefficient (Wildman–Crippen LogP) is 1.74. The van der Waals surface area contributed by atoms with Crippen molar-refractivity contribution in [1.29, 1.82) is 0 Å². The van der Waals surface area contributed by atoms with Gasteiger partial charge in [-0.15, -0.1) is 0 Å². The number of nitrogens with one attached hydrogen (secondary N) is 1. The van der Waals surface area contributed by atoms with Crippen LogP contribution in [-0.4, -0.2) is 37.1 Å². The normalized spacial score (nSPS) is 11.5. The summed E-state index contributed by atoms with van der Waals surface area (Å²) >= 11 is 0. The van der Waals surface area contributed by atoms with E-state index in [9.17, 15) is 14.0 Å². The van der Waals surface area contributed by atoms with Crippen molar-refractivity contribution in [3.05, 3.63) is 59.5 Å². The van der Waals surface area contributed by atoms with Gasteiger partial charge in [-0.3, -0.25) is 4.79 Å². The van der Waals surface area contributed by atoms with Gasteiger partial charge in [0, 0.05) is 23.7 Å². The molecule has 7 heteroatoms. The lowest BCUT2D eigenvalue weighted by Gasteiger charge is -2.17. The van der Waals surface area contributed by atoms with Crippen LogP contribution in [0.4, 0.5) is 4.39 Å². The maximum absolute atomic E-state index is 13.2. The average Bonchev–Trinajstić information content (AvgIpc) is 2.60. The molecule has 1 N–H and O–H groups in total. The Balaban J connectivity index is 2.20. The molecular weight excluding hydrogens is 315 g/mol. The standard InChI is InChI=1S/C17H17FN2O4/c1-23-16-12(6-4-8-19-16)10-14(17(22)24-2)20-15(21)11-5-3-7-13(18)9-11/h3-9,14H,10H2,1-2H3,(H,20,21)/t14-/m0/s1. The van der Waals surface area contributed by atoms with E-state index in [0.29, 0.717) is 11.4 Å². The van der Waals surface area contributed by atoms with E-state index < -0.39 is 23.7 Å². The van der Waals surface area contributed by atoms with Gasteiger partial charge in [-0.2, -0.15) is 0 Å². The van der Waals surface area contributed by atoms with Gasteiger partial charge in [0.15, 0.2) is 0 Å². The van der Waals surface area contributed by atoms with Gasteiger partial charge >= 0.3 is 5.97 Å². The molecule has 2 aromatic rings. The van der Waals surface area contributed by atoms with Gasteiger partial charge in [0.25, 0.3) is 5.91 Å². The van der Waals surface area contributed by atoms with E-state index in [1.165, 1.54) is 32.4 Å². The van der Waals surface area contributed by atoms with Crippen molar-refractivity contribution in [3.8, 4) is 5.88 Å². The Labute approximate surface area is 138 Å². The van der Waals surface area contributed by atoms with E-state index >= 15 is 0 Å². The van der Waals surface area contributed by atoms with Gasteiger partial charge in [-0.05, 0) is 24.3 Å². The van der Waals surface area contributed by atoms with Crippen LogP contribution in [0.2, 0.25) is 0 Å². The van der Waals surface area contributed by atoms with Gasteiger partial charge < -0.3 is 14.8 Å². The number of carbonyl (C=O) groups excluding carboxylic acids is 2.